The third-order valence-electron chi connectivity index (χ3n) is 4.04. The van der Waals surface area contributed by atoms with Gasteiger partial charge in [-0.05, 0) is 36.9 Å². The molecule has 0 aliphatic carbocycles. The molecular weight excluding hydrogens is 368 g/mol. The highest BCUT2D eigenvalue weighted by molar-refractivity contribution is 6.33. The van der Waals surface area contributed by atoms with Crippen molar-refractivity contribution in [3.05, 3.63) is 69.5 Å². The number of halogens is 1. The minimum absolute atomic E-state index is 0.142. The highest BCUT2D eigenvalue weighted by atomic mass is 35.5. The van der Waals surface area contributed by atoms with Gasteiger partial charge >= 0.3 is 5.63 Å². The Hall–Kier alpha value is -2.83. The van der Waals surface area contributed by atoms with Crippen LogP contribution in [-0.2, 0) is 11.3 Å². The Morgan fingerprint density at radius 2 is 2.00 bits per heavy atom. The zero-order valence-corrected chi connectivity index (χ0v) is 15.7. The van der Waals surface area contributed by atoms with E-state index in [1.54, 1.807) is 50.6 Å². The standard InChI is InChI=1S/C20H19ClN2O4/c1-23(12-19(24)22-17-6-4-3-5-16(17)21)11-13-9-20(25)27-18-10-14(26-2)7-8-15(13)18/h3-10H,11-12H2,1-2H3,(H,22,24). The number of nitrogens with one attached hydrogen (secondary N) is 1. The maximum atomic E-state index is 12.3. The van der Waals surface area contributed by atoms with Gasteiger partial charge in [0.1, 0.15) is 11.3 Å². The molecule has 27 heavy (non-hydrogen) atoms. The van der Waals surface area contributed by atoms with E-state index in [0.29, 0.717) is 28.6 Å². The average molecular weight is 387 g/mol. The first-order valence-corrected chi connectivity index (χ1v) is 8.68. The highest BCUT2D eigenvalue weighted by Gasteiger charge is 2.13. The first-order chi connectivity index (χ1) is 13.0. The first-order valence-electron chi connectivity index (χ1n) is 8.30. The summed E-state index contributed by atoms with van der Waals surface area (Å²) >= 11 is 6.06. The number of para-hydroxylation sites is 1. The number of likely N-dealkylation sites (N-methyl/N-ethyl adjacent to an activating group) is 1. The van der Waals surface area contributed by atoms with E-state index in [1.165, 1.54) is 6.07 Å². The van der Waals surface area contributed by atoms with Crippen LogP contribution in [-0.4, -0.2) is 31.5 Å². The van der Waals surface area contributed by atoms with Crippen molar-refractivity contribution in [1.29, 1.82) is 0 Å². The number of benzene rings is 2. The number of methoxy groups -OCH3 is 1. The number of hydrogen-bond acceptors (Lipinski definition) is 5. The number of anilines is 1. The third-order valence-corrected chi connectivity index (χ3v) is 4.37. The fourth-order valence-corrected chi connectivity index (χ4v) is 3.00. The van der Waals surface area contributed by atoms with E-state index < -0.39 is 5.63 Å². The quantitative estimate of drug-likeness (QED) is 0.656. The summed E-state index contributed by atoms with van der Waals surface area (Å²) in [6.07, 6.45) is 0. The van der Waals surface area contributed by atoms with Crippen molar-refractivity contribution in [1.82, 2.24) is 4.90 Å². The van der Waals surface area contributed by atoms with Crippen LogP contribution in [0.3, 0.4) is 0 Å². The van der Waals surface area contributed by atoms with Crippen molar-refractivity contribution < 1.29 is 13.9 Å². The summed E-state index contributed by atoms with van der Waals surface area (Å²) in [6.45, 7) is 0.549. The fourth-order valence-electron chi connectivity index (χ4n) is 2.81. The van der Waals surface area contributed by atoms with Gasteiger partial charge in [0.15, 0.2) is 0 Å². The van der Waals surface area contributed by atoms with Crippen LogP contribution in [0.5, 0.6) is 5.75 Å². The smallest absolute Gasteiger partial charge is 0.336 e. The van der Waals surface area contributed by atoms with Gasteiger partial charge in [0.05, 0.1) is 24.4 Å². The number of hydrogen-bond donors (Lipinski definition) is 1. The zero-order valence-electron chi connectivity index (χ0n) is 15.0. The van der Waals surface area contributed by atoms with Crippen LogP contribution in [0, 0.1) is 0 Å². The summed E-state index contributed by atoms with van der Waals surface area (Å²) in [5, 5.41) is 4.06. The van der Waals surface area contributed by atoms with E-state index in [0.717, 1.165) is 10.9 Å². The van der Waals surface area contributed by atoms with Gasteiger partial charge in [0.2, 0.25) is 5.91 Å². The number of amides is 1. The molecule has 1 heterocycles. The first kappa shape index (κ1) is 18.9. The van der Waals surface area contributed by atoms with Crippen LogP contribution in [0.2, 0.25) is 5.02 Å². The van der Waals surface area contributed by atoms with Gasteiger partial charge < -0.3 is 14.5 Å². The van der Waals surface area contributed by atoms with E-state index in [2.05, 4.69) is 5.32 Å². The van der Waals surface area contributed by atoms with Gasteiger partial charge in [0, 0.05) is 24.1 Å². The number of rotatable bonds is 6. The Morgan fingerprint density at radius 3 is 2.74 bits per heavy atom. The lowest BCUT2D eigenvalue weighted by Crippen LogP contribution is -2.30. The molecule has 1 amide bonds. The SMILES string of the molecule is COc1ccc2c(CN(C)CC(=O)Nc3ccccc3Cl)cc(=O)oc2c1. The molecule has 0 radical (unpaired) electrons. The van der Waals surface area contributed by atoms with Gasteiger partial charge in [-0.1, -0.05) is 23.7 Å². The number of nitrogens with zero attached hydrogens (tertiary/aromatic N) is 1. The topological polar surface area (TPSA) is 71.8 Å². The van der Waals surface area contributed by atoms with Crippen molar-refractivity contribution in [2.75, 3.05) is 26.0 Å². The van der Waals surface area contributed by atoms with Crippen molar-refractivity contribution in [2.24, 2.45) is 0 Å². The molecule has 1 N–H and O–H groups in total. The van der Waals surface area contributed by atoms with Gasteiger partial charge in [-0.15, -0.1) is 0 Å². The molecule has 0 saturated heterocycles. The van der Waals surface area contributed by atoms with Gasteiger partial charge in [0.25, 0.3) is 0 Å². The Labute approximate surface area is 161 Å². The van der Waals surface area contributed by atoms with Crippen LogP contribution in [0.1, 0.15) is 5.56 Å². The van der Waals surface area contributed by atoms with Crippen LogP contribution in [0.15, 0.2) is 57.7 Å². The third kappa shape index (κ3) is 4.67. The molecule has 3 aromatic rings. The Bertz CT molecular complexity index is 1030. The van der Waals surface area contributed by atoms with E-state index in [1.807, 2.05) is 11.0 Å². The Morgan fingerprint density at radius 1 is 1.22 bits per heavy atom. The van der Waals surface area contributed by atoms with Crippen molar-refractivity contribution in [3.8, 4) is 5.75 Å². The predicted molar refractivity (Wildman–Crippen MR) is 105 cm³/mol. The second-order valence-corrected chi connectivity index (χ2v) is 6.56. The average Bonchev–Trinajstić information content (AvgIpc) is 2.62. The van der Waals surface area contributed by atoms with Gasteiger partial charge in [-0.2, -0.15) is 0 Å². The molecule has 0 fully saturated rings. The molecule has 0 spiro atoms. The molecule has 140 valence electrons. The molecule has 0 bridgehead atoms. The van der Waals surface area contributed by atoms with Crippen molar-refractivity contribution in [3.63, 3.8) is 0 Å². The summed E-state index contributed by atoms with van der Waals surface area (Å²) in [6, 6.07) is 13.8. The Kier molecular flexibility index (Phi) is 5.78. The maximum absolute atomic E-state index is 12.3. The largest absolute Gasteiger partial charge is 0.497 e. The summed E-state index contributed by atoms with van der Waals surface area (Å²) in [5.41, 5.74) is 1.35. The van der Waals surface area contributed by atoms with Crippen LogP contribution >= 0.6 is 11.6 Å². The lowest BCUT2D eigenvalue weighted by Gasteiger charge is -2.17. The summed E-state index contributed by atoms with van der Waals surface area (Å²) in [5.74, 6) is 0.412. The molecule has 3 rings (SSSR count). The van der Waals surface area contributed by atoms with E-state index in [-0.39, 0.29) is 12.5 Å². The molecular formula is C20H19ClN2O4. The fraction of sp³-hybridized carbons (Fsp3) is 0.200. The normalized spacial score (nSPS) is 11.0. The minimum Gasteiger partial charge on any atom is -0.497 e. The van der Waals surface area contributed by atoms with Crippen LogP contribution < -0.4 is 15.7 Å². The highest BCUT2D eigenvalue weighted by Crippen LogP contribution is 2.23. The number of fused-ring (bicyclic) bond motifs is 1. The predicted octanol–water partition coefficient (Wildman–Crippen LogP) is 3.53. The summed E-state index contributed by atoms with van der Waals surface area (Å²) in [4.78, 5) is 25.9. The van der Waals surface area contributed by atoms with Crippen LogP contribution in [0.25, 0.3) is 11.0 Å². The molecule has 0 atom stereocenters. The van der Waals surface area contributed by atoms with E-state index >= 15 is 0 Å². The van der Waals surface area contributed by atoms with E-state index in [4.69, 9.17) is 20.8 Å². The van der Waals surface area contributed by atoms with E-state index in [9.17, 15) is 9.59 Å². The number of ether oxygens (including phenoxy) is 1. The van der Waals surface area contributed by atoms with Crippen molar-refractivity contribution in [2.45, 2.75) is 6.54 Å². The molecule has 0 aliphatic heterocycles. The maximum Gasteiger partial charge on any atom is 0.336 e. The molecule has 0 unspecified atom stereocenters. The molecule has 6 nitrogen and oxygen atoms in total. The van der Waals surface area contributed by atoms with Crippen LogP contribution in [0.4, 0.5) is 5.69 Å². The lowest BCUT2D eigenvalue weighted by molar-refractivity contribution is -0.117. The summed E-state index contributed by atoms with van der Waals surface area (Å²) in [7, 11) is 3.35. The molecule has 0 aliphatic rings. The van der Waals surface area contributed by atoms with Gasteiger partial charge in [-0.25, -0.2) is 4.79 Å². The minimum atomic E-state index is -0.445. The van der Waals surface area contributed by atoms with Crippen molar-refractivity contribution >= 4 is 34.2 Å². The lowest BCUT2D eigenvalue weighted by atomic mass is 10.1. The Balaban J connectivity index is 1.74. The summed E-state index contributed by atoms with van der Waals surface area (Å²) < 4.78 is 10.4. The molecule has 1 aromatic heterocycles. The number of carbonyl (C=O) groups excluding carboxylic acids is 1. The molecule has 7 heteroatoms. The second kappa shape index (κ2) is 8.24. The molecule has 2 aromatic carbocycles. The zero-order chi connectivity index (χ0) is 19.4. The monoisotopic (exact) mass is 386 g/mol. The molecule has 0 saturated carbocycles. The van der Waals surface area contributed by atoms with Gasteiger partial charge in [-0.3, -0.25) is 9.69 Å². The number of carbonyl (C=O) groups is 1. The second-order valence-electron chi connectivity index (χ2n) is 6.15.